The van der Waals surface area contributed by atoms with Crippen LogP contribution in [0, 0.1) is 0 Å². The fourth-order valence-electron chi connectivity index (χ4n) is 4.34. The summed E-state index contributed by atoms with van der Waals surface area (Å²) >= 11 is 2.30. The van der Waals surface area contributed by atoms with Crippen LogP contribution in [0.1, 0.15) is 62.1 Å². The van der Waals surface area contributed by atoms with Gasteiger partial charge in [0.2, 0.25) is 0 Å². The largest absolute Gasteiger partial charge is 0.354 e. The summed E-state index contributed by atoms with van der Waals surface area (Å²) in [6, 6.07) is 31.8. The normalized spacial score (nSPS) is 14.1. The Balaban J connectivity index is 0.000000497. The molecule has 3 aromatic rings. The lowest BCUT2D eigenvalue weighted by molar-refractivity contribution is -0.114. The maximum atomic E-state index is 10.2. The minimum atomic E-state index is -0.656. The van der Waals surface area contributed by atoms with Gasteiger partial charge in [-0.15, -0.1) is 0 Å². The van der Waals surface area contributed by atoms with Crippen LogP contribution in [-0.4, -0.2) is 11.9 Å². The van der Waals surface area contributed by atoms with Crippen LogP contribution in [0.5, 0.6) is 0 Å². The van der Waals surface area contributed by atoms with Crippen molar-refractivity contribution in [2.75, 3.05) is 0 Å². The molecule has 1 unspecified atom stereocenters. The first-order valence-electron chi connectivity index (χ1n) is 12.5. The lowest BCUT2D eigenvalue weighted by Gasteiger charge is -2.38. The Hall–Kier alpha value is -2.50. The van der Waals surface area contributed by atoms with Crippen molar-refractivity contribution in [1.82, 2.24) is 0 Å². The molecule has 3 heteroatoms. The van der Waals surface area contributed by atoms with Crippen molar-refractivity contribution >= 4 is 28.4 Å². The highest BCUT2D eigenvalue weighted by atomic mass is 127. The Morgan fingerprint density at radius 3 is 1.71 bits per heavy atom. The van der Waals surface area contributed by atoms with E-state index >= 15 is 0 Å². The van der Waals surface area contributed by atoms with Crippen molar-refractivity contribution in [1.29, 1.82) is 0 Å². The summed E-state index contributed by atoms with van der Waals surface area (Å²) in [5.74, 6) is 0.273. The van der Waals surface area contributed by atoms with Gasteiger partial charge in [0.1, 0.15) is 5.60 Å². The van der Waals surface area contributed by atoms with Gasteiger partial charge in [-0.3, -0.25) is 4.79 Å². The number of benzene rings is 3. The van der Waals surface area contributed by atoms with Crippen molar-refractivity contribution in [3.8, 4) is 0 Å². The molecule has 182 valence electrons. The molecule has 1 atom stereocenters. The summed E-state index contributed by atoms with van der Waals surface area (Å²) in [6.45, 7) is 2.24. The average molecular weight is 579 g/mol. The number of allylic oxidation sites excluding steroid dienone is 2. The molecule has 0 saturated heterocycles. The van der Waals surface area contributed by atoms with E-state index in [4.69, 9.17) is 4.74 Å². The summed E-state index contributed by atoms with van der Waals surface area (Å²) in [5, 5.41) is 0. The van der Waals surface area contributed by atoms with E-state index in [-0.39, 0.29) is 11.9 Å². The predicted octanol–water partition coefficient (Wildman–Crippen LogP) is 8.80. The number of carbonyl (C=O) groups is 1. The van der Waals surface area contributed by atoms with Crippen molar-refractivity contribution < 1.29 is 9.53 Å². The quantitative estimate of drug-likeness (QED) is 0.137. The Labute approximate surface area is 224 Å². The van der Waals surface area contributed by atoms with Crippen LogP contribution in [0.4, 0.5) is 0 Å². The Morgan fingerprint density at radius 1 is 0.857 bits per heavy atom. The lowest BCUT2D eigenvalue weighted by atomic mass is 9.79. The monoisotopic (exact) mass is 578 g/mol. The molecule has 0 spiro atoms. The van der Waals surface area contributed by atoms with Gasteiger partial charge < -0.3 is 4.74 Å². The first-order valence-corrected chi connectivity index (χ1v) is 13.8. The van der Waals surface area contributed by atoms with Gasteiger partial charge in [0.05, 0.1) is 6.10 Å². The smallest absolute Gasteiger partial charge is 0.155 e. The first kappa shape index (κ1) is 27.1. The van der Waals surface area contributed by atoms with Crippen LogP contribution in [-0.2, 0) is 15.1 Å². The highest BCUT2D eigenvalue weighted by molar-refractivity contribution is 14.1. The topological polar surface area (TPSA) is 26.3 Å². The number of hydrogen-bond donors (Lipinski definition) is 0. The van der Waals surface area contributed by atoms with Gasteiger partial charge in [0.15, 0.2) is 5.78 Å². The van der Waals surface area contributed by atoms with Crippen molar-refractivity contribution in [3.05, 3.63) is 130 Å². The van der Waals surface area contributed by atoms with E-state index in [0.717, 1.165) is 42.4 Å². The van der Waals surface area contributed by atoms with E-state index in [1.807, 2.05) is 6.08 Å². The molecule has 3 aromatic carbocycles. The highest BCUT2D eigenvalue weighted by Gasteiger charge is 2.39. The van der Waals surface area contributed by atoms with Gasteiger partial charge >= 0.3 is 0 Å². The van der Waals surface area contributed by atoms with E-state index in [1.165, 1.54) is 12.8 Å². The molecule has 0 saturated carbocycles. The van der Waals surface area contributed by atoms with Crippen molar-refractivity contribution in [3.63, 3.8) is 0 Å². The molecule has 0 bridgehead atoms. The molecule has 0 radical (unpaired) electrons. The second-order valence-electron chi connectivity index (χ2n) is 8.66. The first-order chi connectivity index (χ1) is 17.2. The summed E-state index contributed by atoms with van der Waals surface area (Å²) in [6.07, 6.45) is 12.1. The Kier molecular flexibility index (Phi) is 11.5. The Morgan fingerprint density at radius 2 is 1.37 bits per heavy atom. The molecule has 0 aromatic heterocycles. The number of hydrogen-bond acceptors (Lipinski definition) is 2. The number of halogens is 1. The van der Waals surface area contributed by atoms with Gasteiger partial charge in [0.25, 0.3) is 0 Å². The maximum Gasteiger partial charge on any atom is 0.155 e. The fraction of sp³-hybridized carbons (Fsp3) is 0.281. The standard InChI is InChI=1S/C27H29IO.C5H6O/c1-2-3-7-20-26(21-22-28)29-27(23-14-8-4-9-15-23,24-16-10-5-11-17-24)25-18-12-6-13-19-25;6-5-3-1-2-4-5/h4-6,8-19,21-22,26H,2-3,7,20H2,1H3;1,3H,2,4H2/b22-21+;. The van der Waals surface area contributed by atoms with Gasteiger partial charge in [-0.05, 0) is 45.8 Å². The van der Waals surface area contributed by atoms with Crippen LogP contribution < -0.4 is 0 Å². The SMILES string of the molecule is CCCCCC(/C=C/I)OC(c1ccccc1)(c1ccccc1)c1ccccc1.O=C1C=CCC1. The third-order valence-corrected chi connectivity index (χ3v) is 6.53. The number of carbonyl (C=O) groups excluding carboxylic acids is 1. The third kappa shape index (κ3) is 7.74. The second-order valence-corrected chi connectivity index (χ2v) is 9.38. The summed E-state index contributed by atoms with van der Waals surface area (Å²) < 4.78 is 9.18. The predicted molar refractivity (Wildman–Crippen MR) is 155 cm³/mol. The minimum Gasteiger partial charge on any atom is -0.354 e. The number of ether oxygens (including phenoxy) is 1. The average Bonchev–Trinajstić information content (AvgIpc) is 3.40. The summed E-state index contributed by atoms with van der Waals surface area (Å²) in [7, 11) is 0. The molecule has 0 fully saturated rings. The molecule has 1 aliphatic carbocycles. The Bertz CT molecular complexity index is 962. The number of rotatable bonds is 10. The molecule has 1 aliphatic rings. The number of ketones is 1. The molecule has 0 aliphatic heterocycles. The van der Waals surface area contributed by atoms with Gasteiger partial charge in [-0.25, -0.2) is 0 Å². The molecular weight excluding hydrogens is 543 g/mol. The maximum absolute atomic E-state index is 10.2. The van der Waals surface area contributed by atoms with Crippen LogP contribution >= 0.6 is 22.6 Å². The molecular formula is C32H35IO2. The highest BCUT2D eigenvalue weighted by Crippen LogP contribution is 2.42. The van der Waals surface area contributed by atoms with Gasteiger partial charge in [-0.2, -0.15) is 0 Å². The van der Waals surface area contributed by atoms with Crippen LogP contribution in [0.2, 0.25) is 0 Å². The van der Waals surface area contributed by atoms with Gasteiger partial charge in [0, 0.05) is 6.42 Å². The van der Waals surface area contributed by atoms with Crippen molar-refractivity contribution in [2.45, 2.75) is 57.2 Å². The van der Waals surface area contributed by atoms with E-state index < -0.39 is 5.60 Å². The van der Waals surface area contributed by atoms with E-state index in [2.05, 4.69) is 131 Å². The zero-order chi connectivity index (χ0) is 24.8. The zero-order valence-electron chi connectivity index (χ0n) is 20.5. The zero-order valence-corrected chi connectivity index (χ0v) is 22.6. The lowest BCUT2D eigenvalue weighted by Crippen LogP contribution is -2.36. The van der Waals surface area contributed by atoms with Gasteiger partial charge in [-0.1, -0.05) is 146 Å². The molecule has 0 N–H and O–H groups in total. The minimum absolute atomic E-state index is 0.0408. The molecule has 2 nitrogen and oxygen atoms in total. The molecule has 0 heterocycles. The van der Waals surface area contributed by atoms with Crippen LogP contribution in [0.25, 0.3) is 0 Å². The van der Waals surface area contributed by atoms with E-state index in [0.29, 0.717) is 0 Å². The molecule has 4 rings (SSSR count). The molecule has 35 heavy (non-hydrogen) atoms. The number of unbranched alkanes of at least 4 members (excludes halogenated alkanes) is 2. The third-order valence-electron chi connectivity index (χ3n) is 6.11. The van der Waals surface area contributed by atoms with E-state index in [9.17, 15) is 4.79 Å². The van der Waals surface area contributed by atoms with Crippen molar-refractivity contribution in [2.24, 2.45) is 0 Å². The second kappa shape index (κ2) is 14.8. The van der Waals surface area contributed by atoms with Crippen LogP contribution in [0.15, 0.2) is 113 Å². The fourth-order valence-corrected chi connectivity index (χ4v) is 4.81. The molecule has 0 amide bonds. The summed E-state index contributed by atoms with van der Waals surface area (Å²) in [4.78, 5) is 10.2. The van der Waals surface area contributed by atoms with E-state index in [1.54, 1.807) is 6.08 Å². The summed E-state index contributed by atoms with van der Waals surface area (Å²) in [5.41, 5.74) is 2.80. The van der Waals surface area contributed by atoms with Crippen LogP contribution in [0.3, 0.4) is 0 Å².